The van der Waals surface area contributed by atoms with Gasteiger partial charge >= 0.3 is 38.9 Å². The number of rotatable bonds is 1. The molecule has 0 atom stereocenters. The molecule has 4 nitrogen and oxygen atoms in total. The van der Waals surface area contributed by atoms with E-state index in [4.69, 9.17) is 10.1 Å². The van der Waals surface area contributed by atoms with Crippen LogP contribution >= 0.6 is 0 Å². The van der Waals surface area contributed by atoms with Crippen LogP contribution in [0.15, 0.2) is 0 Å². The van der Waals surface area contributed by atoms with Crippen LogP contribution in [0.25, 0.3) is 0 Å². The molecule has 0 aromatic carbocycles. The summed E-state index contributed by atoms with van der Waals surface area (Å²) < 4.78 is 3.48. The fraction of sp³-hybridized carbons (Fsp3) is 0. The van der Waals surface area contributed by atoms with Gasteiger partial charge in [-0.1, -0.05) is 0 Å². The van der Waals surface area contributed by atoms with Gasteiger partial charge in [0, 0.05) is 21.7 Å². The van der Waals surface area contributed by atoms with Gasteiger partial charge in [0.25, 0.3) is 0 Å². The number of hydrogen-bond acceptors (Lipinski definition) is 3. The molecule has 0 aromatic heterocycles. The van der Waals surface area contributed by atoms with Gasteiger partial charge in [-0.3, -0.25) is 0 Å². The van der Waals surface area contributed by atoms with Crippen LogP contribution in [0.2, 0.25) is 0 Å². The Balaban J connectivity index is 0. The minimum Gasteiger partial charge on any atom is 0 e. The van der Waals surface area contributed by atoms with Crippen LogP contribution in [-0.4, -0.2) is 5.09 Å². The largest absolute Gasteiger partial charge is 0 e. The van der Waals surface area contributed by atoms with E-state index in [-0.39, 0.29) is 21.7 Å². The van der Waals surface area contributed by atoms with Crippen molar-refractivity contribution in [3.05, 3.63) is 10.1 Å². The van der Waals surface area contributed by atoms with Crippen molar-refractivity contribution in [2.24, 2.45) is 0 Å². The molecular formula is MoNO3Ti. The Kier molecular flexibility index (Phi) is 9.14. The molecule has 0 saturated heterocycles. The summed E-state index contributed by atoms with van der Waals surface area (Å²) in [6.07, 6.45) is 0. The van der Waals surface area contributed by atoms with Crippen molar-refractivity contribution in [1.82, 2.24) is 0 Å². The third-order valence-corrected chi connectivity index (χ3v) is 0.360. The summed E-state index contributed by atoms with van der Waals surface area (Å²) in [5.74, 6) is 0. The predicted octanol–water partition coefficient (Wildman–Crippen LogP) is -0.346. The molecule has 0 fully saturated rings. The third kappa shape index (κ3) is 8.82. The van der Waals surface area contributed by atoms with Gasteiger partial charge in [-0.2, -0.15) is 0 Å². The Labute approximate surface area is 60.6 Å². The van der Waals surface area contributed by atoms with Gasteiger partial charge in [-0.25, -0.2) is 0 Å². The average Bonchev–Trinajstić information content (AvgIpc) is 1.38. The van der Waals surface area contributed by atoms with E-state index < -0.39 is 5.09 Å². The topological polar surface area (TPSA) is 52.4 Å². The molecule has 0 radical (unpaired) electrons. The smallest absolute Gasteiger partial charge is 0 e. The molecule has 0 aliphatic rings. The quantitative estimate of drug-likeness (QED) is 0.334. The Hall–Kier alpha value is 0.603. The molecule has 0 heterocycles. The van der Waals surface area contributed by atoms with Crippen molar-refractivity contribution in [2.45, 2.75) is 0 Å². The first-order valence-corrected chi connectivity index (χ1v) is 1.53. The Morgan fingerprint density at radius 1 is 1.83 bits per heavy atom. The SMILES string of the molecule is O=[N+]([O-])[O][Mo].[Ti]. The molecule has 6 heteroatoms. The minimum absolute atomic E-state index is 0. The second-order valence-corrected chi connectivity index (χ2v) is 0.665. The van der Waals surface area contributed by atoms with Gasteiger partial charge < -0.3 is 0 Å². The Morgan fingerprint density at radius 3 is 2.00 bits per heavy atom. The van der Waals surface area contributed by atoms with Crippen LogP contribution in [0.1, 0.15) is 0 Å². The normalized spacial score (nSPS) is 5.33. The average molecular weight is 206 g/mol. The van der Waals surface area contributed by atoms with Crippen LogP contribution in [0.5, 0.6) is 0 Å². The first-order chi connectivity index (χ1) is 2.27. The summed E-state index contributed by atoms with van der Waals surface area (Å²) in [4.78, 5) is 8.95. The Bertz CT molecular complexity index is 46.1. The zero-order valence-electron chi connectivity index (χ0n) is 2.58. The monoisotopic (exact) mass is 208 g/mol. The van der Waals surface area contributed by atoms with Gasteiger partial charge in [0.2, 0.25) is 0 Å². The van der Waals surface area contributed by atoms with Gasteiger partial charge in [0.15, 0.2) is 0 Å². The fourth-order valence-electron chi connectivity index (χ4n) is 0. The molecule has 0 amide bonds. The first kappa shape index (κ1) is 9.78. The second-order valence-electron chi connectivity index (χ2n) is 0.298. The summed E-state index contributed by atoms with van der Waals surface area (Å²) in [6, 6.07) is 0. The maximum Gasteiger partial charge on any atom is 0 e. The maximum absolute atomic E-state index is 8.95. The van der Waals surface area contributed by atoms with E-state index in [9.17, 15) is 0 Å². The van der Waals surface area contributed by atoms with Crippen molar-refractivity contribution in [3.63, 3.8) is 0 Å². The van der Waals surface area contributed by atoms with Gasteiger partial charge in [-0.15, -0.1) is 0 Å². The van der Waals surface area contributed by atoms with Gasteiger partial charge in [0.1, 0.15) is 0 Å². The van der Waals surface area contributed by atoms with Crippen molar-refractivity contribution in [3.8, 4) is 0 Å². The van der Waals surface area contributed by atoms with Crippen LogP contribution in [0.3, 0.4) is 0 Å². The van der Waals surface area contributed by atoms with Gasteiger partial charge in [-0.05, 0) is 0 Å². The second kappa shape index (κ2) is 5.60. The standard InChI is InChI=1S/Mo.NO3.Ti/c;2-1(3)4;/q+1;-1;. The molecule has 0 saturated carbocycles. The van der Waals surface area contributed by atoms with E-state index in [0.29, 0.717) is 0 Å². The Morgan fingerprint density at radius 2 is 2.00 bits per heavy atom. The summed E-state index contributed by atoms with van der Waals surface area (Å²) in [5, 5.41) is 8.08. The fourth-order valence-corrected chi connectivity index (χ4v) is 0. The number of hydrogen-bond donors (Lipinski definition) is 0. The van der Waals surface area contributed by atoms with Gasteiger partial charge in [0.05, 0.1) is 0 Å². The van der Waals surface area contributed by atoms with Crippen LogP contribution in [0, 0.1) is 10.1 Å². The summed E-state index contributed by atoms with van der Waals surface area (Å²) >= 11 is 0.941. The number of nitrogens with zero attached hydrogens (tertiary/aromatic N) is 1. The van der Waals surface area contributed by atoms with E-state index in [1.165, 1.54) is 0 Å². The molecule has 0 rings (SSSR count). The molecule has 33 valence electrons. The van der Waals surface area contributed by atoms with Crippen LogP contribution in [-0.2, 0) is 45.4 Å². The zero-order chi connectivity index (χ0) is 4.28. The molecule has 6 heavy (non-hydrogen) atoms. The van der Waals surface area contributed by atoms with E-state index in [0.717, 1.165) is 20.2 Å². The molecular weight excluding hydrogens is 206 g/mol. The molecule has 0 aliphatic carbocycles. The first-order valence-electron chi connectivity index (χ1n) is 0.714. The summed E-state index contributed by atoms with van der Waals surface area (Å²) in [5.41, 5.74) is 0. The van der Waals surface area contributed by atoms with Crippen molar-refractivity contribution >= 4 is 0 Å². The third-order valence-electron chi connectivity index (χ3n) is 0.0609. The van der Waals surface area contributed by atoms with E-state index in [1.807, 2.05) is 0 Å². The van der Waals surface area contributed by atoms with E-state index >= 15 is 0 Å². The van der Waals surface area contributed by atoms with Crippen LogP contribution in [0.4, 0.5) is 0 Å². The van der Waals surface area contributed by atoms with E-state index in [2.05, 4.69) is 3.49 Å². The van der Waals surface area contributed by atoms with Crippen LogP contribution < -0.4 is 0 Å². The molecule has 0 bridgehead atoms. The molecule has 0 aromatic rings. The summed E-state index contributed by atoms with van der Waals surface area (Å²) in [7, 11) is 0. The molecule has 0 aliphatic heterocycles. The van der Waals surface area contributed by atoms with E-state index in [1.54, 1.807) is 0 Å². The molecule has 0 unspecified atom stereocenters. The molecule has 0 N–H and O–H groups in total. The van der Waals surface area contributed by atoms with Crippen molar-refractivity contribution < 1.29 is 50.5 Å². The predicted molar refractivity (Wildman–Crippen MR) is 8.08 cm³/mol. The van der Waals surface area contributed by atoms with Crippen molar-refractivity contribution in [1.29, 1.82) is 0 Å². The zero-order valence-corrected chi connectivity index (χ0v) is 6.15. The minimum atomic E-state index is -0.871. The molecule has 0 spiro atoms. The maximum atomic E-state index is 8.95. The van der Waals surface area contributed by atoms with Crippen molar-refractivity contribution in [2.75, 3.05) is 0 Å². The summed E-state index contributed by atoms with van der Waals surface area (Å²) in [6.45, 7) is 0.